The van der Waals surface area contributed by atoms with Gasteiger partial charge >= 0.3 is 18.2 Å². The van der Waals surface area contributed by atoms with Crippen molar-refractivity contribution in [2.24, 2.45) is 0 Å². The Bertz CT molecular complexity index is 1270. The van der Waals surface area contributed by atoms with E-state index in [0.29, 0.717) is 48.9 Å². The maximum atomic E-state index is 13.0. The molecule has 1 N–H and O–H groups in total. The van der Waals surface area contributed by atoms with Crippen LogP contribution in [0.5, 0.6) is 23.0 Å². The number of alkyl halides is 3. The van der Waals surface area contributed by atoms with Gasteiger partial charge in [0.05, 0.1) is 6.54 Å². The van der Waals surface area contributed by atoms with Gasteiger partial charge in [0.1, 0.15) is 29.6 Å². The number of carboxylic acids is 1. The van der Waals surface area contributed by atoms with E-state index in [1.807, 2.05) is 30.3 Å². The summed E-state index contributed by atoms with van der Waals surface area (Å²) in [6.45, 7) is 2.64. The van der Waals surface area contributed by atoms with Gasteiger partial charge in [0, 0.05) is 26.0 Å². The van der Waals surface area contributed by atoms with Crippen LogP contribution in [0, 0.1) is 0 Å². The Morgan fingerprint density at radius 3 is 2.05 bits per heavy atom. The third-order valence-electron chi connectivity index (χ3n) is 6.52. The zero-order chi connectivity index (χ0) is 31.8. The molecule has 3 aromatic carbocycles. The predicted molar refractivity (Wildman–Crippen MR) is 158 cm³/mol. The number of benzene rings is 3. The Morgan fingerprint density at radius 2 is 1.41 bits per heavy atom. The molecule has 0 saturated carbocycles. The first-order valence-electron chi connectivity index (χ1n) is 14.6. The van der Waals surface area contributed by atoms with Crippen molar-refractivity contribution in [3.63, 3.8) is 0 Å². The van der Waals surface area contributed by atoms with Crippen molar-refractivity contribution in [2.45, 2.75) is 57.7 Å². The van der Waals surface area contributed by atoms with Crippen molar-refractivity contribution < 1.29 is 46.8 Å². The van der Waals surface area contributed by atoms with E-state index < -0.39 is 30.8 Å². The van der Waals surface area contributed by atoms with E-state index >= 15 is 0 Å². The maximum Gasteiger partial charge on any atom is 0.415 e. The molecule has 0 fully saturated rings. The lowest BCUT2D eigenvalue weighted by molar-refractivity contribution is -0.150. The Balaban J connectivity index is 1.54. The van der Waals surface area contributed by atoms with Gasteiger partial charge in [0.2, 0.25) is 0 Å². The Hall–Kier alpha value is -4.25. The summed E-state index contributed by atoms with van der Waals surface area (Å²) >= 11 is 0. The van der Waals surface area contributed by atoms with Crippen LogP contribution >= 0.6 is 0 Å². The van der Waals surface area contributed by atoms with Gasteiger partial charge in [-0.05, 0) is 73.9 Å². The quantitative estimate of drug-likeness (QED) is 0.145. The lowest BCUT2D eigenvalue weighted by atomic mass is 10.1. The van der Waals surface area contributed by atoms with Crippen LogP contribution in [0.15, 0.2) is 78.9 Å². The van der Waals surface area contributed by atoms with Gasteiger partial charge in [-0.1, -0.05) is 43.2 Å². The monoisotopic (exact) mass is 617 g/mol. The van der Waals surface area contributed by atoms with E-state index in [-0.39, 0.29) is 32.5 Å². The number of hydrogen-bond donors (Lipinski definition) is 1. The Labute approximate surface area is 255 Å². The fraction of sp³-hybridized carbons (Fsp3) is 0.394. The number of amides is 1. The molecular weight excluding hydrogens is 579 g/mol. The average Bonchev–Trinajstić information content (AvgIpc) is 2.99. The third kappa shape index (κ3) is 12.9. The summed E-state index contributed by atoms with van der Waals surface area (Å²) < 4.78 is 59.7. The second-order valence-electron chi connectivity index (χ2n) is 10.00. The van der Waals surface area contributed by atoms with Crippen LogP contribution in [0.1, 0.15) is 44.6 Å². The highest BCUT2D eigenvalue weighted by Crippen LogP contribution is 2.25. The molecule has 11 heteroatoms. The van der Waals surface area contributed by atoms with Crippen LogP contribution in [0.25, 0.3) is 0 Å². The largest absolute Gasteiger partial charge is 0.492 e. The summed E-state index contributed by atoms with van der Waals surface area (Å²) in [4.78, 5) is 25.9. The lowest BCUT2D eigenvalue weighted by Crippen LogP contribution is -2.37. The number of carbonyl (C=O) groups excluding carboxylic acids is 1. The van der Waals surface area contributed by atoms with E-state index in [9.17, 15) is 27.9 Å². The molecule has 44 heavy (non-hydrogen) atoms. The highest BCUT2D eigenvalue weighted by Gasteiger charge is 2.26. The normalized spacial score (nSPS) is 11.9. The van der Waals surface area contributed by atoms with E-state index in [1.54, 1.807) is 55.5 Å². The van der Waals surface area contributed by atoms with E-state index in [0.717, 1.165) is 5.56 Å². The summed E-state index contributed by atoms with van der Waals surface area (Å²) in [5, 5.41) is 9.29. The molecule has 0 saturated heterocycles. The number of hydrogen-bond acceptors (Lipinski definition) is 6. The molecule has 238 valence electrons. The zero-order valence-electron chi connectivity index (χ0n) is 24.6. The van der Waals surface area contributed by atoms with Crippen LogP contribution in [-0.4, -0.2) is 60.7 Å². The van der Waals surface area contributed by atoms with Gasteiger partial charge in [-0.3, -0.25) is 0 Å². The summed E-state index contributed by atoms with van der Waals surface area (Å²) in [6.07, 6.45) is -4.83. The first-order chi connectivity index (χ1) is 21.1. The highest BCUT2D eigenvalue weighted by atomic mass is 19.4. The standard InChI is InChI=1S/C33H38F3NO7/c1-2-41-30(31(38)39)24-25-12-14-26(15-13-25)42-23-22-37(21-9-4-3-8-20-33(34,35)36)32(40)44-29-18-16-28(17-19-29)43-27-10-6-5-7-11-27/h5-7,10-19,30H,2-4,8-9,20-24H2,1H3,(H,38,39). The maximum absolute atomic E-state index is 13.0. The van der Waals surface area contributed by atoms with Crippen LogP contribution < -0.4 is 14.2 Å². The van der Waals surface area contributed by atoms with E-state index in [1.165, 1.54) is 4.90 Å². The molecule has 8 nitrogen and oxygen atoms in total. The third-order valence-corrected chi connectivity index (χ3v) is 6.52. The molecule has 0 aliphatic carbocycles. The molecule has 0 heterocycles. The van der Waals surface area contributed by atoms with Gasteiger partial charge in [-0.2, -0.15) is 13.2 Å². The number of unbranched alkanes of at least 4 members (excludes halogenated alkanes) is 3. The molecule has 0 aliphatic heterocycles. The van der Waals surface area contributed by atoms with Crippen molar-refractivity contribution in [1.82, 2.24) is 4.90 Å². The van der Waals surface area contributed by atoms with Crippen LogP contribution in [0.2, 0.25) is 0 Å². The minimum Gasteiger partial charge on any atom is -0.492 e. The number of nitrogens with zero attached hydrogens (tertiary/aromatic N) is 1. The fourth-order valence-electron chi connectivity index (χ4n) is 4.27. The molecule has 0 radical (unpaired) electrons. The number of carbonyl (C=O) groups is 2. The molecule has 1 atom stereocenters. The second kappa shape index (κ2) is 17.8. The summed E-state index contributed by atoms with van der Waals surface area (Å²) in [6, 6.07) is 22.8. The number of halogens is 3. The average molecular weight is 618 g/mol. The summed E-state index contributed by atoms with van der Waals surface area (Å²) in [5.41, 5.74) is 0.772. The van der Waals surface area contributed by atoms with Crippen LogP contribution in [0.3, 0.4) is 0 Å². The second-order valence-corrected chi connectivity index (χ2v) is 10.00. The van der Waals surface area contributed by atoms with Gasteiger partial charge in [0.15, 0.2) is 6.10 Å². The smallest absolute Gasteiger partial charge is 0.415 e. The molecule has 1 unspecified atom stereocenters. The lowest BCUT2D eigenvalue weighted by Gasteiger charge is -2.22. The number of rotatable bonds is 18. The minimum absolute atomic E-state index is 0.0439. The molecule has 0 bridgehead atoms. The molecule has 3 aromatic rings. The van der Waals surface area contributed by atoms with Gasteiger partial charge < -0.3 is 29.0 Å². The van der Waals surface area contributed by atoms with Gasteiger partial charge in [-0.25, -0.2) is 9.59 Å². The zero-order valence-corrected chi connectivity index (χ0v) is 24.6. The van der Waals surface area contributed by atoms with Crippen molar-refractivity contribution in [2.75, 3.05) is 26.3 Å². The molecule has 0 aromatic heterocycles. The molecule has 3 rings (SSSR count). The van der Waals surface area contributed by atoms with Crippen LogP contribution in [-0.2, 0) is 16.0 Å². The summed E-state index contributed by atoms with van der Waals surface area (Å²) in [7, 11) is 0. The topological polar surface area (TPSA) is 94.5 Å². The fourth-order valence-corrected chi connectivity index (χ4v) is 4.27. The van der Waals surface area contributed by atoms with Crippen molar-refractivity contribution in [1.29, 1.82) is 0 Å². The van der Waals surface area contributed by atoms with Crippen molar-refractivity contribution >= 4 is 12.1 Å². The number of aliphatic carboxylic acids is 1. The first-order valence-corrected chi connectivity index (χ1v) is 14.6. The Morgan fingerprint density at radius 1 is 0.795 bits per heavy atom. The highest BCUT2D eigenvalue weighted by molar-refractivity contribution is 5.72. The minimum atomic E-state index is -4.17. The summed E-state index contributed by atoms with van der Waals surface area (Å²) in [5.74, 6) is 1.06. The first kappa shape index (κ1) is 34.2. The molecule has 0 spiro atoms. The number of ether oxygens (including phenoxy) is 4. The number of carboxylic acid groups (broad SMARTS) is 1. The Kier molecular flexibility index (Phi) is 13.8. The molecule has 1 amide bonds. The SMILES string of the molecule is CCOC(Cc1ccc(OCCN(CCCCCCC(F)(F)F)C(=O)Oc2ccc(Oc3ccccc3)cc2)cc1)C(=O)O. The van der Waals surface area contributed by atoms with Gasteiger partial charge in [-0.15, -0.1) is 0 Å². The predicted octanol–water partition coefficient (Wildman–Crippen LogP) is 7.90. The van der Waals surface area contributed by atoms with E-state index in [4.69, 9.17) is 18.9 Å². The van der Waals surface area contributed by atoms with E-state index in [2.05, 4.69) is 0 Å². The van der Waals surface area contributed by atoms with Crippen LogP contribution in [0.4, 0.5) is 18.0 Å². The van der Waals surface area contributed by atoms with Gasteiger partial charge in [0.25, 0.3) is 0 Å². The van der Waals surface area contributed by atoms with Crippen molar-refractivity contribution in [3.8, 4) is 23.0 Å². The van der Waals surface area contributed by atoms with Crippen molar-refractivity contribution in [3.05, 3.63) is 84.4 Å². The molecule has 0 aliphatic rings. The molecular formula is C33H38F3NO7. The number of para-hydroxylation sites is 1.